The lowest BCUT2D eigenvalue weighted by Gasteiger charge is -2.09. The van der Waals surface area contributed by atoms with Crippen LogP contribution in [-0.2, 0) is 6.54 Å². The number of nitrogens with zero attached hydrogens (tertiary/aromatic N) is 2. The Morgan fingerprint density at radius 3 is 2.75 bits per heavy atom. The van der Waals surface area contributed by atoms with Crippen LogP contribution in [0.2, 0.25) is 0 Å². The van der Waals surface area contributed by atoms with E-state index in [1.807, 2.05) is 24.6 Å². The fourth-order valence-corrected chi connectivity index (χ4v) is 1.14. The standard InChI is InChI=1S/C8H15N3O/c1-6-3-7(2)11(10-6)4-8(9)5-12/h3,8,12H,4-5,9H2,1-2H3. The van der Waals surface area contributed by atoms with E-state index in [2.05, 4.69) is 5.10 Å². The smallest absolute Gasteiger partial charge is 0.0600 e. The molecule has 0 aliphatic heterocycles. The molecule has 1 aromatic rings. The van der Waals surface area contributed by atoms with Crippen LogP contribution >= 0.6 is 0 Å². The van der Waals surface area contributed by atoms with E-state index in [1.54, 1.807) is 0 Å². The molecule has 0 spiro atoms. The second-order valence-electron chi connectivity index (χ2n) is 3.05. The number of aromatic nitrogens is 2. The lowest BCUT2D eigenvalue weighted by Crippen LogP contribution is -2.30. The van der Waals surface area contributed by atoms with Crippen molar-refractivity contribution < 1.29 is 5.11 Å². The van der Waals surface area contributed by atoms with Crippen molar-refractivity contribution in [1.29, 1.82) is 0 Å². The van der Waals surface area contributed by atoms with Gasteiger partial charge in [0.15, 0.2) is 0 Å². The number of nitrogens with two attached hydrogens (primary N) is 1. The zero-order chi connectivity index (χ0) is 9.14. The number of hydrogen-bond donors (Lipinski definition) is 2. The fourth-order valence-electron chi connectivity index (χ4n) is 1.14. The SMILES string of the molecule is Cc1cc(C)n(CC(N)CO)n1. The van der Waals surface area contributed by atoms with Gasteiger partial charge in [-0.05, 0) is 19.9 Å². The van der Waals surface area contributed by atoms with Crippen molar-refractivity contribution in [1.82, 2.24) is 9.78 Å². The molecule has 1 heterocycles. The summed E-state index contributed by atoms with van der Waals surface area (Å²) in [6, 6.07) is 1.77. The van der Waals surface area contributed by atoms with E-state index in [9.17, 15) is 0 Å². The number of aryl methyl sites for hydroxylation is 2. The lowest BCUT2D eigenvalue weighted by molar-refractivity contribution is 0.250. The third-order valence-corrected chi connectivity index (χ3v) is 1.75. The zero-order valence-corrected chi connectivity index (χ0v) is 7.49. The molecule has 12 heavy (non-hydrogen) atoms. The summed E-state index contributed by atoms with van der Waals surface area (Å²) in [6.07, 6.45) is 0. The van der Waals surface area contributed by atoms with Crippen LogP contribution in [0, 0.1) is 13.8 Å². The largest absolute Gasteiger partial charge is 0.395 e. The summed E-state index contributed by atoms with van der Waals surface area (Å²) in [4.78, 5) is 0. The second-order valence-corrected chi connectivity index (χ2v) is 3.05. The summed E-state index contributed by atoms with van der Waals surface area (Å²) in [5.74, 6) is 0. The molecule has 0 aromatic carbocycles. The van der Waals surface area contributed by atoms with Crippen LogP contribution < -0.4 is 5.73 Å². The highest BCUT2D eigenvalue weighted by Gasteiger charge is 2.05. The molecule has 4 nitrogen and oxygen atoms in total. The molecule has 0 bridgehead atoms. The maximum absolute atomic E-state index is 8.73. The van der Waals surface area contributed by atoms with Crippen LogP contribution in [0.15, 0.2) is 6.07 Å². The Morgan fingerprint density at radius 2 is 2.33 bits per heavy atom. The van der Waals surface area contributed by atoms with Crippen molar-refractivity contribution in [2.75, 3.05) is 6.61 Å². The van der Waals surface area contributed by atoms with Gasteiger partial charge in [-0.25, -0.2) is 0 Å². The lowest BCUT2D eigenvalue weighted by atomic mass is 10.3. The van der Waals surface area contributed by atoms with Crippen LogP contribution in [-0.4, -0.2) is 27.5 Å². The van der Waals surface area contributed by atoms with Crippen LogP contribution in [0.5, 0.6) is 0 Å². The molecule has 0 fully saturated rings. The average molecular weight is 169 g/mol. The molecule has 1 atom stereocenters. The Labute approximate surface area is 72.0 Å². The van der Waals surface area contributed by atoms with E-state index in [0.29, 0.717) is 6.54 Å². The number of aliphatic hydroxyl groups is 1. The van der Waals surface area contributed by atoms with E-state index in [1.165, 1.54) is 0 Å². The summed E-state index contributed by atoms with van der Waals surface area (Å²) in [7, 11) is 0. The quantitative estimate of drug-likeness (QED) is 0.659. The van der Waals surface area contributed by atoms with Gasteiger partial charge in [-0.1, -0.05) is 0 Å². The molecular weight excluding hydrogens is 154 g/mol. The Balaban J connectivity index is 2.68. The predicted octanol–water partition coefficient (Wildman–Crippen LogP) is -0.180. The number of hydrogen-bond acceptors (Lipinski definition) is 3. The topological polar surface area (TPSA) is 64.1 Å². The van der Waals surface area contributed by atoms with Crippen molar-refractivity contribution in [2.24, 2.45) is 5.73 Å². The first kappa shape index (κ1) is 9.22. The molecule has 0 aliphatic rings. The van der Waals surface area contributed by atoms with Gasteiger partial charge in [0.05, 0.1) is 18.8 Å². The van der Waals surface area contributed by atoms with Gasteiger partial charge in [0.25, 0.3) is 0 Å². The Bertz CT molecular complexity index is 257. The van der Waals surface area contributed by atoms with E-state index in [4.69, 9.17) is 10.8 Å². The van der Waals surface area contributed by atoms with Crippen molar-refractivity contribution in [3.63, 3.8) is 0 Å². The first-order chi connectivity index (χ1) is 5.63. The first-order valence-electron chi connectivity index (χ1n) is 4.01. The Morgan fingerprint density at radius 1 is 1.67 bits per heavy atom. The fraction of sp³-hybridized carbons (Fsp3) is 0.625. The van der Waals surface area contributed by atoms with Gasteiger partial charge in [0.1, 0.15) is 0 Å². The van der Waals surface area contributed by atoms with Gasteiger partial charge in [0.2, 0.25) is 0 Å². The normalized spacial score (nSPS) is 13.3. The van der Waals surface area contributed by atoms with Crippen molar-refractivity contribution in [3.05, 3.63) is 17.5 Å². The third kappa shape index (κ3) is 2.06. The minimum absolute atomic E-state index is 0.00164. The van der Waals surface area contributed by atoms with Crippen LogP contribution in [0.1, 0.15) is 11.4 Å². The predicted molar refractivity (Wildman–Crippen MR) is 46.8 cm³/mol. The average Bonchev–Trinajstić information content (AvgIpc) is 2.30. The zero-order valence-electron chi connectivity index (χ0n) is 7.49. The molecule has 0 amide bonds. The van der Waals surface area contributed by atoms with Crippen molar-refractivity contribution in [3.8, 4) is 0 Å². The molecule has 3 N–H and O–H groups in total. The van der Waals surface area contributed by atoms with Crippen molar-refractivity contribution in [2.45, 2.75) is 26.4 Å². The molecule has 0 saturated carbocycles. The summed E-state index contributed by atoms with van der Waals surface area (Å²) in [5, 5.41) is 13.0. The molecular formula is C8H15N3O. The molecule has 1 rings (SSSR count). The molecule has 4 heteroatoms. The maximum atomic E-state index is 8.73. The summed E-state index contributed by atoms with van der Waals surface area (Å²) >= 11 is 0. The van der Waals surface area contributed by atoms with Gasteiger partial charge in [-0.2, -0.15) is 5.10 Å². The van der Waals surface area contributed by atoms with E-state index in [0.717, 1.165) is 11.4 Å². The molecule has 68 valence electrons. The van der Waals surface area contributed by atoms with E-state index in [-0.39, 0.29) is 12.6 Å². The van der Waals surface area contributed by atoms with Crippen LogP contribution in [0.3, 0.4) is 0 Å². The second kappa shape index (κ2) is 3.69. The van der Waals surface area contributed by atoms with Gasteiger partial charge < -0.3 is 10.8 Å². The highest BCUT2D eigenvalue weighted by atomic mass is 16.3. The highest BCUT2D eigenvalue weighted by molar-refractivity contribution is 5.06. The van der Waals surface area contributed by atoms with Gasteiger partial charge >= 0.3 is 0 Å². The molecule has 0 aliphatic carbocycles. The molecule has 1 aromatic heterocycles. The molecule has 0 saturated heterocycles. The highest BCUT2D eigenvalue weighted by Crippen LogP contribution is 2.01. The minimum Gasteiger partial charge on any atom is -0.395 e. The van der Waals surface area contributed by atoms with E-state index < -0.39 is 0 Å². The van der Waals surface area contributed by atoms with Crippen LogP contribution in [0.4, 0.5) is 0 Å². The van der Waals surface area contributed by atoms with Gasteiger partial charge in [-0.15, -0.1) is 0 Å². The summed E-state index contributed by atoms with van der Waals surface area (Å²) in [5.41, 5.74) is 7.64. The summed E-state index contributed by atoms with van der Waals surface area (Å²) < 4.78 is 1.82. The Hall–Kier alpha value is -0.870. The van der Waals surface area contributed by atoms with Gasteiger partial charge in [0, 0.05) is 11.7 Å². The first-order valence-corrected chi connectivity index (χ1v) is 4.01. The van der Waals surface area contributed by atoms with E-state index >= 15 is 0 Å². The van der Waals surface area contributed by atoms with Crippen LogP contribution in [0.25, 0.3) is 0 Å². The number of rotatable bonds is 3. The Kier molecular flexibility index (Phi) is 2.83. The minimum atomic E-state index is -0.219. The number of aliphatic hydroxyl groups excluding tert-OH is 1. The molecule has 0 radical (unpaired) electrons. The monoisotopic (exact) mass is 169 g/mol. The third-order valence-electron chi connectivity index (χ3n) is 1.75. The van der Waals surface area contributed by atoms with Gasteiger partial charge in [-0.3, -0.25) is 4.68 Å². The summed E-state index contributed by atoms with van der Waals surface area (Å²) in [6.45, 7) is 4.49. The van der Waals surface area contributed by atoms with Crippen molar-refractivity contribution >= 4 is 0 Å². The molecule has 1 unspecified atom stereocenters. The maximum Gasteiger partial charge on any atom is 0.0600 e.